The summed E-state index contributed by atoms with van der Waals surface area (Å²) in [5.41, 5.74) is 0.525. The van der Waals surface area contributed by atoms with Crippen LogP contribution in [0.4, 0.5) is 10.5 Å². The van der Waals surface area contributed by atoms with Gasteiger partial charge in [-0.2, -0.15) is 0 Å². The minimum atomic E-state index is -1.09. The van der Waals surface area contributed by atoms with Crippen molar-refractivity contribution in [3.8, 4) is 0 Å². The Morgan fingerprint density at radius 3 is 2.62 bits per heavy atom. The van der Waals surface area contributed by atoms with E-state index in [0.29, 0.717) is 18.0 Å². The first-order valence-corrected chi connectivity index (χ1v) is 11.0. The first kappa shape index (κ1) is 22.2. The number of ether oxygens (including phenoxy) is 2. The highest BCUT2D eigenvalue weighted by Gasteiger charge is 2.53. The number of rotatable bonds is 2. The Hall–Kier alpha value is -1.47. The van der Waals surface area contributed by atoms with E-state index in [0.717, 1.165) is 29.5 Å². The molecule has 0 N–H and O–H groups in total. The third-order valence-corrected chi connectivity index (χ3v) is 6.36. The van der Waals surface area contributed by atoms with E-state index in [1.54, 1.807) is 6.92 Å². The van der Waals surface area contributed by atoms with Gasteiger partial charge in [0.1, 0.15) is 11.1 Å². The van der Waals surface area contributed by atoms with Gasteiger partial charge in [0.25, 0.3) is 0 Å². The van der Waals surface area contributed by atoms with Crippen molar-refractivity contribution in [3.05, 3.63) is 27.2 Å². The maximum absolute atomic E-state index is 12.9. The number of methoxy groups -OCH3 is 1. The minimum Gasteiger partial charge on any atom is -0.467 e. The SMILES string of the molecule is COC(=O)[C@]1(C)C[C@H](N2CCCc3cc(Cl)cc(Br)c32)CN1C(=O)OC(C)(C)C. The minimum absolute atomic E-state index is 0.0388. The molecular weight excluding hydrogens is 460 g/mol. The summed E-state index contributed by atoms with van der Waals surface area (Å²) >= 11 is 9.89. The number of anilines is 1. The monoisotopic (exact) mass is 486 g/mol. The molecule has 2 aliphatic rings. The highest BCUT2D eigenvalue weighted by Crippen LogP contribution is 2.42. The lowest BCUT2D eigenvalue weighted by Crippen LogP contribution is -2.52. The van der Waals surface area contributed by atoms with Crippen molar-refractivity contribution < 1.29 is 19.1 Å². The highest BCUT2D eigenvalue weighted by molar-refractivity contribution is 9.10. The first-order valence-electron chi connectivity index (χ1n) is 9.80. The second kappa shape index (κ2) is 7.99. The van der Waals surface area contributed by atoms with Crippen LogP contribution in [-0.2, 0) is 20.7 Å². The average Bonchev–Trinajstić information content (AvgIpc) is 2.97. The van der Waals surface area contributed by atoms with Crippen LogP contribution in [-0.4, -0.2) is 54.3 Å². The molecule has 160 valence electrons. The number of halogens is 2. The van der Waals surface area contributed by atoms with E-state index in [-0.39, 0.29) is 6.04 Å². The largest absolute Gasteiger partial charge is 0.467 e. The zero-order valence-corrected chi connectivity index (χ0v) is 19.9. The molecule has 1 amide bonds. The van der Waals surface area contributed by atoms with Crippen LogP contribution in [0.2, 0.25) is 5.02 Å². The Kier molecular flexibility index (Phi) is 6.12. The Morgan fingerprint density at radius 2 is 2.00 bits per heavy atom. The fourth-order valence-electron chi connectivity index (χ4n) is 4.31. The standard InChI is InChI=1S/C21H28BrClN2O4/c1-20(2,3)29-19(27)25-12-15(11-21(25,4)18(26)28-5)24-8-6-7-13-9-14(23)10-16(22)17(13)24/h9-10,15H,6-8,11-12H2,1-5H3/t15-,21-/m0/s1. The summed E-state index contributed by atoms with van der Waals surface area (Å²) in [6.07, 6.45) is 1.90. The molecule has 6 nitrogen and oxygen atoms in total. The van der Waals surface area contributed by atoms with Gasteiger partial charge in [-0.25, -0.2) is 9.59 Å². The summed E-state index contributed by atoms with van der Waals surface area (Å²) in [5, 5.41) is 0.693. The van der Waals surface area contributed by atoms with Crippen LogP contribution in [0.25, 0.3) is 0 Å². The van der Waals surface area contributed by atoms with Gasteiger partial charge in [0, 0.05) is 35.0 Å². The topological polar surface area (TPSA) is 59.1 Å². The summed E-state index contributed by atoms with van der Waals surface area (Å²) in [5.74, 6) is -0.432. The number of hydrogen-bond donors (Lipinski definition) is 0. The Morgan fingerprint density at radius 1 is 1.31 bits per heavy atom. The molecule has 1 aromatic carbocycles. The van der Waals surface area contributed by atoms with Gasteiger partial charge in [0.2, 0.25) is 0 Å². The number of fused-ring (bicyclic) bond motifs is 1. The maximum atomic E-state index is 12.9. The molecule has 29 heavy (non-hydrogen) atoms. The first-order chi connectivity index (χ1) is 13.5. The summed E-state index contributed by atoms with van der Waals surface area (Å²) in [4.78, 5) is 29.4. The van der Waals surface area contributed by atoms with Crippen molar-refractivity contribution in [2.75, 3.05) is 25.1 Å². The molecule has 1 aromatic rings. The number of esters is 1. The number of benzene rings is 1. The highest BCUT2D eigenvalue weighted by atomic mass is 79.9. The van der Waals surface area contributed by atoms with E-state index < -0.39 is 23.2 Å². The third kappa shape index (κ3) is 4.36. The molecule has 0 aromatic heterocycles. The summed E-state index contributed by atoms with van der Waals surface area (Å²) < 4.78 is 11.6. The van der Waals surface area contributed by atoms with Crippen molar-refractivity contribution in [1.82, 2.24) is 4.90 Å². The molecule has 0 aliphatic carbocycles. The van der Waals surface area contributed by atoms with Crippen molar-refractivity contribution in [3.63, 3.8) is 0 Å². The van der Waals surface area contributed by atoms with Gasteiger partial charge in [-0.05, 0) is 74.2 Å². The van der Waals surface area contributed by atoms with Crippen molar-refractivity contribution in [2.45, 2.75) is 64.1 Å². The summed E-state index contributed by atoms with van der Waals surface area (Å²) in [7, 11) is 1.35. The van der Waals surface area contributed by atoms with Gasteiger partial charge >= 0.3 is 12.1 Å². The van der Waals surface area contributed by atoms with Crippen molar-refractivity contribution in [1.29, 1.82) is 0 Å². The number of nitrogens with zero attached hydrogens (tertiary/aromatic N) is 2. The molecule has 2 atom stereocenters. The van der Waals surface area contributed by atoms with Gasteiger partial charge in [-0.1, -0.05) is 11.6 Å². The van der Waals surface area contributed by atoms with E-state index in [2.05, 4.69) is 20.8 Å². The van der Waals surface area contributed by atoms with Crippen LogP contribution in [0.1, 0.15) is 46.1 Å². The van der Waals surface area contributed by atoms with E-state index in [9.17, 15) is 9.59 Å². The predicted octanol–water partition coefficient (Wildman–Crippen LogP) is 4.80. The molecule has 0 unspecified atom stereocenters. The molecular formula is C21H28BrClN2O4. The second-order valence-electron chi connectivity index (χ2n) is 8.91. The third-order valence-electron chi connectivity index (χ3n) is 5.54. The van der Waals surface area contributed by atoms with Crippen LogP contribution in [0.5, 0.6) is 0 Å². The number of hydrogen-bond acceptors (Lipinski definition) is 5. The summed E-state index contributed by atoms with van der Waals surface area (Å²) in [6.45, 7) is 8.43. The van der Waals surface area contributed by atoms with Gasteiger partial charge in [0.05, 0.1) is 12.8 Å². The molecule has 8 heteroatoms. The molecule has 0 saturated carbocycles. The van der Waals surface area contributed by atoms with Crippen LogP contribution in [0.15, 0.2) is 16.6 Å². The molecule has 2 aliphatic heterocycles. The Bertz CT molecular complexity index is 826. The van der Waals surface area contributed by atoms with E-state index in [4.69, 9.17) is 21.1 Å². The van der Waals surface area contributed by atoms with Crippen LogP contribution >= 0.6 is 27.5 Å². The average molecular weight is 488 g/mol. The lowest BCUT2D eigenvalue weighted by molar-refractivity contribution is -0.152. The van der Waals surface area contributed by atoms with Gasteiger partial charge in [0.15, 0.2) is 0 Å². The molecule has 0 bridgehead atoms. The van der Waals surface area contributed by atoms with Crippen LogP contribution in [0, 0.1) is 0 Å². The zero-order chi connectivity index (χ0) is 21.6. The van der Waals surface area contributed by atoms with Gasteiger partial charge < -0.3 is 14.4 Å². The maximum Gasteiger partial charge on any atom is 0.411 e. The van der Waals surface area contributed by atoms with Gasteiger partial charge in [-0.3, -0.25) is 4.90 Å². The molecule has 0 spiro atoms. The quantitative estimate of drug-likeness (QED) is 0.561. The predicted molar refractivity (Wildman–Crippen MR) is 117 cm³/mol. The fourth-order valence-corrected chi connectivity index (χ4v) is 5.41. The second-order valence-corrected chi connectivity index (χ2v) is 10.2. The number of likely N-dealkylation sites (tertiary alicyclic amines) is 1. The van der Waals surface area contributed by atoms with Crippen molar-refractivity contribution in [2.24, 2.45) is 0 Å². The molecule has 1 fully saturated rings. The number of carbonyl (C=O) groups is 2. The van der Waals surface area contributed by atoms with E-state index in [1.165, 1.54) is 17.6 Å². The van der Waals surface area contributed by atoms with E-state index in [1.807, 2.05) is 32.9 Å². The number of amides is 1. The molecule has 3 rings (SSSR count). The smallest absolute Gasteiger partial charge is 0.411 e. The summed E-state index contributed by atoms with van der Waals surface area (Å²) in [6, 6.07) is 3.84. The molecule has 1 saturated heterocycles. The normalized spacial score (nSPS) is 24.3. The van der Waals surface area contributed by atoms with Crippen LogP contribution < -0.4 is 4.90 Å². The Balaban J connectivity index is 1.95. The van der Waals surface area contributed by atoms with E-state index >= 15 is 0 Å². The van der Waals surface area contributed by atoms with Gasteiger partial charge in [-0.15, -0.1) is 0 Å². The number of carbonyl (C=O) groups excluding carboxylic acids is 2. The lowest BCUT2D eigenvalue weighted by atomic mass is 9.94. The lowest BCUT2D eigenvalue weighted by Gasteiger charge is -2.37. The number of aryl methyl sites for hydroxylation is 1. The van der Waals surface area contributed by atoms with Crippen molar-refractivity contribution >= 4 is 45.3 Å². The fraction of sp³-hybridized carbons (Fsp3) is 0.619. The van der Waals surface area contributed by atoms with Crippen LogP contribution in [0.3, 0.4) is 0 Å². The molecule has 0 radical (unpaired) electrons. The molecule has 2 heterocycles. The Labute approximate surface area is 185 Å². The zero-order valence-electron chi connectivity index (χ0n) is 17.6.